The summed E-state index contributed by atoms with van der Waals surface area (Å²) in [4.78, 5) is 17.0. The first-order valence-electron chi connectivity index (χ1n) is 9.04. The summed E-state index contributed by atoms with van der Waals surface area (Å²) in [6, 6.07) is 13.1. The van der Waals surface area contributed by atoms with Crippen LogP contribution in [0.2, 0.25) is 0 Å². The molecule has 0 spiro atoms. The quantitative estimate of drug-likeness (QED) is 0.672. The maximum Gasteiger partial charge on any atom is 0.251 e. The fourth-order valence-corrected chi connectivity index (χ4v) is 2.81. The Labute approximate surface area is 164 Å². The summed E-state index contributed by atoms with van der Waals surface area (Å²) >= 11 is 0. The van der Waals surface area contributed by atoms with Gasteiger partial charge >= 0.3 is 0 Å². The van der Waals surface area contributed by atoms with E-state index in [2.05, 4.69) is 10.3 Å². The lowest BCUT2D eigenvalue weighted by Crippen LogP contribution is -2.26. The SMILES string of the molecule is COc1cc(OC)cc(C(=O)NCCc2nc(-c3ccc(C)cc3)oc2C)c1. The van der Waals surface area contributed by atoms with Crippen molar-refractivity contribution in [2.24, 2.45) is 0 Å². The summed E-state index contributed by atoms with van der Waals surface area (Å²) in [5.41, 5.74) is 3.43. The molecule has 0 saturated heterocycles. The minimum absolute atomic E-state index is 0.197. The van der Waals surface area contributed by atoms with Crippen molar-refractivity contribution in [2.45, 2.75) is 20.3 Å². The van der Waals surface area contributed by atoms with Crippen LogP contribution < -0.4 is 14.8 Å². The Kier molecular flexibility index (Phi) is 5.99. The van der Waals surface area contributed by atoms with Crippen LogP contribution in [0.4, 0.5) is 0 Å². The molecular weight excluding hydrogens is 356 g/mol. The van der Waals surface area contributed by atoms with E-state index in [9.17, 15) is 4.79 Å². The van der Waals surface area contributed by atoms with Crippen molar-refractivity contribution >= 4 is 5.91 Å². The smallest absolute Gasteiger partial charge is 0.251 e. The molecule has 3 rings (SSSR count). The molecule has 1 aromatic heterocycles. The molecule has 1 N–H and O–H groups in total. The van der Waals surface area contributed by atoms with Gasteiger partial charge in [-0.25, -0.2) is 4.98 Å². The molecule has 0 aliphatic heterocycles. The van der Waals surface area contributed by atoms with Gasteiger partial charge in [-0.2, -0.15) is 0 Å². The number of rotatable bonds is 7. The lowest BCUT2D eigenvalue weighted by molar-refractivity contribution is 0.0953. The van der Waals surface area contributed by atoms with Crippen LogP contribution >= 0.6 is 0 Å². The highest BCUT2D eigenvalue weighted by Crippen LogP contribution is 2.23. The molecular formula is C22H24N2O4. The molecule has 0 bridgehead atoms. The molecule has 0 aliphatic rings. The first kappa shape index (κ1) is 19.5. The van der Waals surface area contributed by atoms with Gasteiger partial charge in [0.25, 0.3) is 5.91 Å². The number of hydrogen-bond acceptors (Lipinski definition) is 5. The molecule has 6 heteroatoms. The van der Waals surface area contributed by atoms with Gasteiger partial charge < -0.3 is 19.2 Å². The van der Waals surface area contributed by atoms with E-state index in [1.165, 1.54) is 5.56 Å². The van der Waals surface area contributed by atoms with Gasteiger partial charge in [-0.05, 0) is 38.1 Å². The number of nitrogens with zero attached hydrogens (tertiary/aromatic N) is 1. The Morgan fingerprint density at radius 2 is 1.68 bits per heavy atom. The lowest BCUT2D eigenvalue weighted by atomic mass is 10.1. The zero-order valence-electron chi connectivity index (χ0n) is 16.5. The van der Waals surface area contributed by atoms with E-state index in [-0.39, 0.29) is 5.91 Å². The third kappa shape index (κ3) is 4.52. The molecule has 0 aliphatic carbocycles. The lowest BCUT2D eigenvalue weighted by Gasteiger charge is -2.09. The molecule has 1 amide bonds. The van der Waals surface area contributed by atoms with Crippen molar-refractivity contribution in [1.29, 1.82) is 0 Å². The van der Waals surface area contributed by atoms with E-state index in [0.717, 1.165) is 17.0 Å². The molecule has 0 radical (unpaired) electrons. The molecule has 146 valence electrons. The Hall–Kier alpha value is -3.28. The molecule has 0 saturated carbocycles. The van der Waals surface area contributed by atoms with Gasteiger partial charge in [-0.3, -0.25) is 4.79 Å². The third-order valence-corrected chi connectivity index (χ3v) is 4.45. The van der Waals surface area contributed by atoms with Crippen LogP contribution in [-0.4, -0.2) is 31.7 Å². The number of aryl methyl sites for hydroxylation is 2. The average molecular weight is 380 g/mol. The summed E-state index contributed by atoms with van der Waals surface area (Å²) in [6.45, 7) is 4.37. The number of aromatic nitrogens is 1. The Morgan fingerprint density at radius 3 is 2.29 bits per heavy atom. The number of benzene rings is 2. The standard InChI is InChI=1S/C22H24N2O4/c1-14-5-7-16(8-6-14)22-24-20(15(2)28-22)9-10-23-21(25)17-11-18(26-3)13-19(12-17)27-4/h5-8,11-13H,9-10H2,1-4H3,(H,23,25). The number of carbonyl (C=O) groups excluding carboxylic acids is 1. The second-order valence-electron chi connectivity index (χ2n) is 6.50. The average Bonchev–Trinajstić information content (AvgIpc) is 3.08. The molecule has 28 heavy (non-hydrogen) atoms. The maximum absolute atomic E-state index is 12.4. The van der Waals surface area contributed by atoms with E-state index >= 15 is 0 Å². The summed E-state index contributed by atoms with van der Waals surface area (Å²) in [7, 11) is 3.10. The van der Waals surface area contributed by atoms with Gasteiger partial charge in [0.1, 0.15) is 17.3 Å². The molecule has 6 nitrogen and oxygen atoms in total. The number of hydrogen-bond donors (Lipinski definition) is 1. The van der Waals surface area contributed by atoms with Crippen LogP contribution in [0.3, 0.4) is 0 Å². The predicted molar refractivity (Wildman–Crippen MR) is 107 cm³/mol. The van der Waals surface area contributed by atoms with Gasteiger partial charge in [0.15, 0.2) is 0 Å². The first-order chi connectivity index (χ1) is 13.5. The molecule has 0 fully saturated rings. The van der Waals surface area contributed by atoms with Gasteiger partial charge in [-0.15, -0.1) is 0 Å². The number of methoxy groups -OCH3 is 2. The van der Waals surface area contributed by atoms with Gasteiger partial charge in [0.2, 0.25) is 5.89 Å². The van der Waals surface area contributed by atoms with Crippen molar-refractivity contribution in [3.05, 3.63) is 65.0 Å². The van der Waals surface area contributed by atoms with Crippen molar-refractivity contribution < 1.29 is 18.7 Å². The van der Waals surface area contributed by atoms with Crippen LogP contribution in [0.15, 0.2) is 46.9 Å². The third-order valence-electron chi connectivity index (χ3n) is 4.45. The molecule has 0 atom stereocenters. The van der Waals surface area contributed by atoms with Crippen LogP contribution in [0.5, 0.6) is 11.5 Å². The first-order valence-corrected chi connectivity index (χ1v) is 9.04. The molecule has 2 aromatic carbocycles. The number of ether oxygens (including phenoxy) is 2. The highest BCUT2D eigenvalue weighted by molar-refractivity contribution is 5.95. The summed E-state index contributed by atoms with van der Waals surface area (Å²) < 4.78 is 16.2. The van der Waals surface area contributed by atoms with Crippen molar-refractivity contribution in [3.63, 3.8) is 0 Å². The highest BCUT2D eigenvalue weighted by Gasteiger charge is 2.13. The van der Waals surface area contributed by atoms with E-state index < -0.39 is 0 Å². The van der Waals surface area contributed by atoms with E-state index in [1.54, 1.807) is 32.4 Å². The monoisotopic (exact) mass is 380 g/mol. The van der Waals surface area contributed by atoms with Crippen molar-refractivity contribution in [1.82, 2.24) is 10.3 Å². The number of carbonyl (C=O) groups is 1. The van der Waals surface area contributed by atoms with Gasteiger partial charge in [-0.1, -0.05) is 17.7 Å². The Balaban J connectivity index is 1.64. The van der Waals surface area contributed by atoms with Crippen molar-refractivity contribution in [2.75, 3.05) is 20.8 Å². The largest absolute Gasteiger partial charge is 0.497 e. The minimum Gasteiger partial charge on any atom is -0.497 e. The second-order valence-corrected chi connectivity index (χ2v) is 6.50. The minimum atomic E-state index is -0.197. The maximum atomic E-state index is 12.4. The van der Waals surface area contributed by atoms with E-state index in [4.69, 9.17) is 13.9 Å². The van der Waals surface area contributed by atoms with Gasteiger partial charge in [0.05, 0.1) is 19.9 Å². The highest BCUT2D eigenvalue weighted by atomic mass is 16.5. The Bertz CT molecular complexity index is 939. The van der Waals surface area contributed by atoms with Crippen LogP contribution in [-0.2, 0) is 6.42 Å². The number of oxazole rings is 1. The van der Waals surface area contributed by atoms with E-state index in [1.807, 2.05) is 38.1 Å². The van der Waals surface area contributed by atoms with Crippen LogP contribution in [0, 0.1) is 13.8 Å². The van der Waals surface area contributed by atoms with Crippen LogP contribution in [0.1, 0.15) is 27.4 Å². The van der Waals surface area contributed by atoms with E-state index in [0.29, 0.717) is 35.9 Å². The van der Waals surface area contributed by atoms with Crippen molar-refractivity contribution in [3.8, 4) is 23.0 Å². The molecule has 1 heterocycles. The molecule has 0 unspecified atom stereocenters. The predicted octanol–water partition coefficient (Wildman–Crippen LogP) is 3.95. The zero-order chi connectivity index (χ0) is 20.1. The normalized spacial score (nSPS) is 10.6. The summed E-state index contributed by atoms with van der Waals surface area (Å²) in [5, 5.41) is 2.90. The fourth-order valence-electron chi connectivity index (χ4n) is 2.81. The Morgan fingerprint density at radius 1 is 1.04 bits per heavy atom. The topological polar surface area (TPSA) is 73.6 Å². The van der Waals surface area contributed by atoms with Gasteiger partial charge in [0, 0.05) is 30.2 Å². The molecule has 3 aromatic rings. The number of nitrogens with one attached hydrogen (secondary N) is 1. The summed E-state index contributed by atoms with van der Waals surface area (Å²) in [5.74, 6) is 2.29. The second kappa shape index (κ2) is 8.61. The summed E-state index contributed by atoms with van der Waals surface area (Å²) in [6.07, 6.45) is 0.577. The number of amides is 1. The van der Waals surface area contributed by atoms with Crippen LogP contribution in [0.25, 0.3) is 11.5 Å². The zero-order valence-corrected chi connectivity index (χ0v) is 16.5. The fraction of sp³-hybridized carbons (Fsp3) is 0.273.